The third-order valence-electron chi connectivity index (χ3n) is 13.3. The Kier molecular flexibility index (Phi) is 5.46. The van der Waals surface area contributed by atoms with E-state index in [4.69, 9.17) is 14.2 Å². The Bertz CT molecular complexity index is 1000. The van der Waals surface area contributed by atoms with Crippen LogP contribution in [0.3, 0.4) is 0 Å². The number of esters is 2. The summed E-state index contributed by atoms with van der Waals surface area (Å²) in [6.45, 7) is 13.3. The van der Waals surface area contributed by atoms with E-state index in [2.05, 4.69) is 20.8 Å². The van der Waals surface area contributed by atoms with Crippen LogP contribution in [0.1, 0.15) is 106 Å². The van der Waals surface area contributed by atoms with Crippen LogP contribution in [-0.4, -0.2) is 41.6 Å². The van der Waals surface area contributed by atoms with Crippen molar-refractivity contribution >= 4 is 11.9 Å². The number of carbonyl (C=O) groups excluding carboxylic acids is 2. The van der Waals surface area contributed by atoms with Gasteiger partial charge in [0.1, 0.15) is 0 Å². The van der Waals surface area contributed by atoms with Crippen molar-refractivity contribution in [2.24, 2.45) is 51.2 Å². The number of fused-ring (bicyclic) bond motifs is 4. The maximum absolute atomic E-state index is 12.4. The first kappa shape index (κ1) is 26.1. The fraction of sp³-hybridized carbons (Fsp3) is 0.935. The molecule has 37 heavy (non-hydrogen) atoms. The van der Waals surface area contributed by atoms with Crippen molar-refractivity contribution in [2.45, 2.75) is 123 Å². The van der Waals surface area contributed by atoms with Crippen LogP contribution in [0.5, 0.6) is 0 Å². The lowest BCUT2D eigenvalue weighted by Gasteiger charge is -2.61. The molecule has 2 saturated heterocycles. The second kappa shape index (κ2) is 7.74. The van der Waals surface area contributed by atoms with Crippen LogP contribution >= 0.6 is 0 Å². The third-order valence-corrected chi connectivity index (χ3v) is 13.3. The zero-order valence-corrected chi connectivity index (χ0v) is 24.0. The first-order valence-corrected chi connectivity index (χ1v) is 14.9. The highest BCUT2D eigenvalue weighted by Crippen LogP contribution is 2.88. The van der Waals surface area contributed by atoms with Crippen LogP contribution in [0.15, 0.2) is 0 Å². The predicted octanol–water partition coefficient (Wildman–Crippen LogP) is 5.64. The van der Waals surface area contributed by atoms with Gasteiger partial charge in [0, 0.05) is 19.3 Å². The summed E-state index contributed by atoms with van der Waals surface area (Å²) >= 11 is 0. The van der Waals surface area contributed by atoms with Crippen LogP contribution in [0.25, 0.3) is 0 Å². The molecule has 0 aromatic heterocycles. The molecule has 2 heterocycles. The van der Waals surface area contributed by atoms with E-state index in [1.807, 2.05) is 20.8 Å². The maximum atomic E-state index is 12.4. The number of hydrogen-bond acceptors (Lipinski definition) is 6. The zero-order chi connectivity index (χ0) is 26.8. The van der Waals surface area contributed by atoms with Gasteiger partial charge in [-0.05, 0) is 104 Å². The largest absolute Gasteiger partial charge is 0.469 e. The van der Waals surface area contributed by atoms with Crippen molar-refractivity contribution in [1.82, 2.24) is 0 Å². The number of rotatable bonds is 4. The summed E-state index contributed by atoms with van der Waals surface area (Å²) in [4.78, 5) is 24.6. The lowest BCUT2D eigenvalue weighted by molar-refractivity contribution is -0.276. The van der Waals surface area contributed by atoms with Crippen LogP contribution < -0.4 is 0 Å². The molecule has 0 aromatic carbocycles. The highest BCUT2D eigenvalue weighted by molar-refractivity contribution is 5.74. The Labute approximate surface area is 222 Å². The molecule has 6 aliphatic rings. The highest BCUT2D eigenvalue weighted by Gasteiger charge is 2.82. The number of hydrogen-bond donors (Lipinski definition) is 1. The van der Waals surface area contributed by atoms with Gasteiger partial charge in [-0.1, -0.05) is 27.7 Å². The maximum Gasteiger partial charge on any atom is 0.311 e. The number of aliphatic hydroxyl groups is 1. The summed E-state index contributed by atoms with van der Waals surface area (Å²) in [5.41, 5.74) is -0.290. The summed E-state index contributed by atoms with van der Waals surface area (Å²) in [5.74, 6) is 0.570. The van der Waals surface area contributed by atoms with E-state index in [-0.39, 0.29) is 51.5 Å². The van der Waals surface area contributed by atoms with Crippen molar-refractivity contribution < 1.29 is 28.9 Å². The normalized spacial score (nSPS) is 54.1. The smallest absolute Gasteiger partial charge is 0.311 e. The molecule has 2 aliphatic heterocycles. The van der Waals surface area contributed by atoms with Gasteiger partial charge in [-0.2, -0.15) is 0 Å². The summed E-state index contributed by atoms with van der Waals surface area (Å²) < 4.78 is 17.9. The van der Waals surface area contributed by atoms with Crippen LogP contribution in [-0.2, 0) is 23.8 Å². The fourth-order valence-corrected chi connectivity index (χ4v) is 11.9. The molecule has 1 N–H and O–H groups in total. The monoisotopic (exact) mass is 516 g/mol. The average molecular weight is 517 g/mol. The SMILES string of the molecule is COC(=O)CC[C@]12C[C@]13CC[C@]1(C)[C@H]4[C@H](C)C[C@]5(C[C@@H](C)C(=O)O5)O[C@@H]4C[C@@]1(C)[C@@H]3CC[C@H]2C(C)(C)O. The molecule has 208 valence electrons. The fourth-order valence-electron chi connectivity index (χ4n) is 11.9. The lowest BCUT2D eigenvalue weighted by atomic mass is 9.43. The van der Waals surface area contributed by atoms with Crippen molar-refractivity contribution in [3.8, 4) is 0 Å². The quantitative estimate of drug-likeness (QED) is 0.487. The molecule has 6 rings (SSSR count). The van der Waals surface area contributed by atoms with Gasteiger partial charge in [0.25, 0.3) is 0 Å². The summed E-state index contributed by atoms with van der Waals surface area (Å²) in [5, 5.41) is 11.3. The molecule has 4 saturated carbocycles. The number of carbonyl (C=O) groups is 2. The van der Waals surface area contributed by atoms with Gasteiger partial charge in [-0.15, -0.1) is 0 Å². The van der Waals surface area contributed by atoms with E-state index in [0.29, 0.717) is 30.6 Å². The molecule has 2 spiro atoms. The Morgan fingerprint density at radius 1 is 1.11 bits per heavy atom. The van der Waals surface area contributed by atoms with Crippen molar-refractivity contribution in [2.75, 3.05) is 7.11 Å². The van der Waals surface area contributed by atoms with Gasteiger partial charge in [-0.3, -0.25) is 9.59 Å². The molecular formula is C31H48O6. The van der Waals surface area contributed by atoms with E-state index in [0.717, 1.165) is 44.9 Å². The molecule has 0 radical (unpaired) electrons. The van der Waals surface area contributed by atoms with Crippen molar-refractivity contribution in [3.05, 3.63) is 0 Å². The minimum Gasteiger partial charge on any atom is -0.469 e. The van der Waals surface area contributed by atoms with Crippen LogP contribution in [0.4, 0.5) is 0 Å². The minimum atomic E-state index is -0.761. The molecule has 0 aromatic rings. The van der Waals surface area contributed by atoms with E-state index in [9.17, 15) is 14.7 Å². The Balaban J connectivity index is 1.34. The van der Waals surface area contributed by atoms with Gasteiger partial charge in [0.2, 0.25) is 5.79 Å². The first-order valence-electron chi connectivity index (χ1n) is 14.9. The van der Waals surface area contributed by atoms with Crippen molar-refractivity contribution in [3.63, 3.8) is 0 Å². The average Bonchev–Trinajstić information content (AvgIpc) is 3.30. The third kappa shape index (κ3) is 3.24. The Hall–Kier alpha value is -1.14. The van der Waals surface area contributed by atoms with Crippen molar-refractivity contribution in [1.29, 1.82) is 0 Å². The molecule has 6 fully saturated rings. The Morgan fingerprint density at radius 2 is 1.84 bits per heavy atom. The van der Waals surface area contributed by atoms with E-state index >= 15 is 0 Å². The summed E-state index contributed by atoms with van der Waals surface area (Å²) in [7, 11) is 1.48. The molecule has 11 atom stereocenters. The molecule has 0 amide bonds. The second-order valence-corrected chi connectivity index (χ2v) is 15.2. The van der Waals surface area contributed by atoms with E-state index < -0.39 is 11.4 Å². The number of methoxy groups -OCH3 is 1. The number of ether oxygens (including phenoxy) is 3. The predicted molar refractivity (Wildman–Crippen MR) is 138 cm³/mol. The summed E-state index contributed by atoms with van der Waals surface area (Å²) in [6, 6.07) is 0. The molecule has 0 bridgehead atoms. The molecule has 6 heteroatoms. The van der Waals surface area contributed by atoms with Gasteiger partial charge in [0.05, 0.1) is 24.7 Å². The second-order valence-electron chi connectivity index (χ2n) is 15.2. The first-order chi connectivity index (χ1) is 17.2. The van der Waals surface area contributed by atoms with E-state index in [1.165, 1.54) is 13.5 Å². The van der Waals surface area contributed by atoms with Gasteiger partial charge in [-0.25, -0.2) is 0 Å². The minimum absolute atomic E-state index is 0.00453. The van der Waals surface area contributed by atoms with Crippen LogP contribution in [0.2, 0.25) is 0 Å². The topological polar surface area (TPSA) is 82.1 Å². The van der Waals surface area contributed by atoms with E-state index in [1.54, 1.807) is 0 Å². The molecule has 6 nitrogen and oxygen atoms in total. The van der Waals surface area contributed by atoms with Crippen LogP contribution in [0, 0.1) is 51.2 Å². The zero-order valence-electron chi connectivity index (χ0n) is 24.0. The molecular weight excluding hydrogens is 468 g/mol. The van der Waals surface area contributed by atoms with Gasteiger partial charge in [0.15, 0.2) is 0 Å². The molecule has 4 aliphatic carbocycles. The molecule has 0 unspecified atom stereocenters. The Morgan fingerprint density at radius 3 is 2.46 bits per heavy atom. The highest BCUT2D eigenvalue weighted by atomic mass is 16.7. The standard InChI is InChI=1S/C31H48O6/c1-18-14-31(15-19(2)25(33)37-31)36-20-16-28(6)22-9-8-21(26(3,4)34)29(11-10-23(32)35-7)17-30(22,29)13-12-27(28,5)24(18)20/h18-22,24,34H,8-17H2,1-7H3/t18-,19-,20-,21+,22+,24+,27-,28+,29-,30+,31+/m1/s1. The van der Waals surface area contributed by atoms with Gasteiger partial charge < -0.3 is 19.3 Å². The summed E-state index contributed by atoms with van der Waals surface area (Å²) in [6.07, 6.45) is 9.44. The lowest BCUT2D eigenvalue weighted by Crippen LogP contribution is -2.57. The van der Waals surface area contributed by atoms with Gasteiger partial charge >= 0.3 is 11.9 Å².